The molecule has 3 heterocycles. The number of carboxylic acid groups (broad SMARTS) is 1. The fourth-order valence-electron chi connectivity index (χ4n) is 3.41. The van der Waals surface area contributed by atoms with E-state index in [0.29, 0.717) is 17.4 Å². The molecule has 0 bridgehead atoms. The molecule has 3 rings (SSSR count). The van der Waals surface area contributed by atoms with Crippen LogP contribution in [0.25, 0.3) is 6.08 Å². The van der Waals surface area contributed by atoms with Crippen molar-refractivity contribution in [3.63, 3.8) is 0 Å². The Kier molecular flexibility index (Phi) is 8.93. The molecule has 2 aromatic rings. The molecule has 2 N–H and O–H groups in total. The number of hydrogen-bond acceptors (Lipinski definition) is 6. The van der Waals surface area contributed by atoms with Gasteiger partial charge in [-0.2, -0.15) is 0 Å². The normalized spacial score (nSPS) is 17.7. The van der Waals surface area contributed by atoms with Crippen LogP contribution in [-0.4, -0.2) is 48.0 Å². The first kappa shape index (κ1) is 23.0. The molecule has 8 heteroatoms. The van der Waals surface area contributed by atoms with Gasteiger partial charge in [0.15, 0.2) is 0 Å². The fourth-order valence-corrected chi connectivity index (χ4v) is 3.41. The number of amidine groups is 1. The topological polar surface area (TPSA) is 117 Å². The van der Waals surface area contributed by atoms with E-state index in [9.17, 15) is 9.59 Å². The van der Waals surface area contributed by atoms with E-state index in [1.165, 1.54) is 19.4 Å². The molecule has 1 saturated heterocycles. The minimum absolute atomic E-state index is 0.0252. The first-order valence-corrected chi connectivity index (χ1v) is 9.77. The molecular formula is C22H28N2O6. The number of likely N-dealkylation sites (tertiary alicyclic amines) is 1. The van der Waals surface area contributed by atoms with Crippen LogP contribution in [0.5, 0.6) is 0 Å². The number of ether oxygens (including phenoxy) is 1. The van der Waals surface area contributed by atoms with Crippen molar-refractivity contribution >= 4 is 23.9 Å². The summed E-state index contributed by atoms with van der Waals surface area (Å²) in [6, 6.07) is 7.13. The van der Waals surface area contributed by atoms with Crippen LogP contribution in [0, 0.1) is 5.41 Å². The number of aliphatic carboxylic acids is 1. The maximum Gasteiger partial charge on any atom is 0.330 e. The highest BCUT2D eigenvalue weighted by Gasteiger charge is 2.32. The zero-order chi connectivity index (χ0) is 21.9. The van der Waals surface area contributed by atoms with E-state index in [1.54, 1.807) is 30.5 Å². The Bertz CT molecular complexity index is 826. The summed E-state index contributed by atoms with van der Waals surface area (Å²) in [6.45, 7) is 0. The number of carboxylic acids is 1. The quantitative estimate of drug-likeness (QED) is 0.536. The molecule has 0 aromatic carbocycles. The average molecular weight is 416 g/mol. The van der Waals surface area contributed by atoms with Gasteiger partial charge in [-0.1, -0.05) is 6.42 Å². The lowest BCUT2D eigenvalue weighted by Crippen LogP contribution is -2.39. The molecule has 30 heavy (non-hydrogen) atoms. The smallest absolute Gasteiger partial charge is 0.330 e. The van der Waals surface area contributed by atoms with E-state index in [2.05, 4.69) is 4.74 Å². The molecule has 0 radical (unpaired) electrons. The van der Waals surface area contributed by atoms with Crippen molar-refractivity contribution in [1.29, 1.82) is 5.41 Å². The summed E-state index contributed by atoms with van der Waals surface area (Å²) in [6.07, 6.45) is 9.69. The molecule has 162 valence electrons. The molecule has 2 unspecified atom stereocenters. The van der Waals surface area contributed by atoms with Crippen LogP contribution in [0.3, 0.4) is 0 Å². The number of rotatable bonds is 6. The van der Waals surface area contributed by atoms with Gasteiger partial charge < -0.3 is 23.6 Å². The number of esters is 1. The number of nitrogens with zero attached hydrogens (tertiary/aromatic N) is 1. The summed E-state index contributed by atoms with van der Waals surface area (Å²) in [5.74, 6) is 0.511. The molecular weight excluding hydrogens is 388 g/mol. The minimum Gasteiger partial charge on any atom is -0.481 e. The second-order valence-electron chi connectivity index (χ2n) is 6.96. The van der Waals surface area contributed by atoms with Crippen LogP contribution in [0.15, 0.2) is 51.7 Å². The van der Waals surface area contributed by atoms with Crippen molar-refractivity contribution in [3.05, 3.63) is 54.4 Å². The van der Waals surface area contributed by atoms with E-state index in [4.69, 9.17) is 19.4 Å². The predicted molar refractivity (Wildman–Crippen MR) is 111 cm³/mol. The van der Waals surface area contributed by atoms with Crippen LogP contribution in [0.1, 0.15) is 49.5 Å². The highest BCUT2D eigenvalue weighted by molar-refractivity contribution is 5.86. The van der Waals surface area contributed by atoms with E-state index < -0.39 is 5.97 Å². The van der Waals surface area contributed by atoms with Gasteiger partial charge in [0, 0.05) is 31.5 Å². The van der Waals surface area contributed by atoms with E-state index in [1.807, 2.05) is 18.0 Å². The average Bonchev–Trinajstić information content (AvgIpc) is 3.42. The summed E-state index contributed by atoms with van der Waals surface area (Å²) in [5.41, 5.74) is 0. The lowest BCUT2D eigenvalue weighted by atomic mass is 9.89. The summed E-state index contributed by atoms with van der Waals surface area (Å²) in [5, 5.41) is 17.1. The molecule has 2 atom stereocenters. The molecule has 0 spiro atoms. The zero-order valence-corrected chi connectivity index (χ0v) is 17.2. The monoisotopic (exact) mass is 416 g/mol. The van der Waals surface area contributed by atoms with Crippen LogP contribution in [-0.2, 0) is 14.3 Å². The number of carbonyl (C=O) groups is 2. The Balaban J connectivity index is 0.000000248. The number of methoxy groups -OCH3 is 1. The number of hydrogen-bond donors (Lipinski definition) is 2. The molecule has 0 saturated carbocycles. The Morgan fingerprint density at radius 2 is 2.03 bits per heavy atom. The molecule has 2 aromatic heterocycles. The van der Waals surface area contributed by atoms with Gasteiger partial charge in [-0.3, -0.25) is 10.2 Å². The number of nitrogens with one attached hydrogen (secondary N) is 1. The van der Waals surface area contributed by atoms with Crippen molar-refractivity contribution in [2.75, 3.05) is 14.2 Å². The number of likely N-dealkylation sites (N-methyl/N-ethyl adjacent to an activating group) is 1. The summed E-state index contributed by atoms with van der Waals surface area (Å²) >= 11 is 0. The van der Waals surface area contributed by atoms with E-state index in [-0.39, 0.29) is 24.3 Å². The van der Waals surface area contributed by atoms with Crippen molar-refractivity contribution in [2.24, 2.45) is 0 Å². The molecule has 1 aliphatic rings. The van der Waals surface area contributed by atoms with E-state index >= 15 is 0 Å². The minimum atomic E-state index is -0.828. The zero-order valence-electron chi connectivity index (χ0n) is 17.2. The van der Waals surface area contributed by atoms with Gasteiger partial charge in [0.05, 0.1) is 31.9 Å². The fraction of sp³-hybridized carbons (Fsp3) is 0.409. The maximum absolute atomic E-state index is 11.1. The van der Waals surface area contributed by atoms with Gasteiger partial charge in [0.25, 0.3) is 0 Å². The van der Waals surface area contributed by atoms with Crippen LogP contribution >= 0.6 is 0 Å². The molecule has 8 nitrogen and oxygen atoms in total. The largest absolute Gasteiger partial charge is 0.481 e. The Labute approximate surface area is 175 Å². The molecule has 1 aliphatic heterocycles. The Morgan fingerprint density at radius 3 is 2.63 bits per heavy atom. The standard InChI is InChI=1S/C14H20N2O3.C8H8O3/c1-16-11(5-2-3-7-13(16)15)10(9-14(17)18)12-6-4-8-19-12;1-10-8(9)5-4-7-3-2-6-11-7/h4,6,8,10-11,15H,2-3,5,7,9H2,1H3,(H,17,18);2-6H,1H3. The summed E-state index contributed by atoms with van der Waals surface area (Å²) in [4.78, 5) is 23.6. The third kappa shape index (κ3) is 6.95. The molecule has 1 fully saturated rings. The second kappa shape index (κ2) is 11.6. The van der Waals surface area contributed by atoms with Crippen molar-refractivity contribution < 1.29 is 28.3 Å². The van der Waals surface area contributed by atoms with Gasteiger partial charge in [-0.25, -0.2) is 4.79 Å². The van der Waals surface area contributed by atoms with Crippen LogP contribution < -0.4 is 0 Å². The van der Waals surface area contributed by atoms with Crippen LogP contribution in [0.2, 0.25) is 0 Å². The SMILES string of the molecule is CN1C(=N)CCCCC1C(CC(=O)O)c1ccco1.COC(=O)C=Cc1ccco1. The van der Waals surface area contributed by atoms with Gasteiger partial charge in [-0.15, -0.1) is 0 Å². The first-order chi connectivity index (χ1) is 14.4. The summed E-state index contributed by atoms with van der Waals surface area (Å²) < 4.78 is 14.7. The highest BCUT2D eigenvalue weighted by Crippen LogP contribution is 2.32. The van der Waals surface area contributed by atoms with Crippen molar-refractivity contribution in [1.82, 2.24) is 4.90 Å². The Morgan fingerprint density at radius 1 is 1.30 bits per heavy atom. The molecule has 0 aliphatic carbocycles. The predicted octanol–water partition coefficient (Wildman–Crippen LogP) is 4.16. The van der Waals surface area contributed by atoms with E-state index in [0.717, 1.165) is 25.7 Å². The van der Waals surface area contributed by atoms with Gasteiger partial charge in [0.1, 0.15) is 11.5 Å². The third-order valence-corrected chi connectivity index (χ3v) is 4.98. The van der Waals surface area contributed by atoms with Gasteiger partial charge in [-0.05, 0) is 43.2 Å². The lowest BCUT2D eigenvalue weighted by Gasteiger charge is -2.33. The first-order valence-electron chi connectivity index (χ1n) is 9.77. The second-order valence-corrected chi connectivity index (χ2v) is 6.96. The van der Waals surface area contributed by atoms with Gasteiger partial charge in [0.2, 0.25) is 0 Å². The van der Waals surface area contributed by atoms with Crippen molar-refractivity contribution in [3.8, 4) is 0 Å². The highest BCUT2D eigenvalue weighted by atomic mass is 16.5. The summed E-state index contributed by atoms with van der Waals surface area (Å²) in [7, 11) is 3.21. The number of carbonyl (C=O) groups excluding carboxylic acids is 1. The third-order valence-electron chi connectivity index (χ3n) is 4.98. The maximum atomic E-state index is 11.1. The Hall–Kier alpha value is -3.29. The van der Waals surface area contributed by atoms with Gasteiger partial charge >= 0.3 is 11.9 Å². The van der Waals surface area contributed by atoms with Crippen LogP contribution in [0.4, 0.5) is 0 Å². The number of furan rings is 2. The van der Waals surface area contributed by atoms with Crippen molar-refractivity contribution in [2.45, 2.75) is 44.1 Å². The molecule has 0 amide bonds. The lowest BCUT2D eigenvalue weighted by molar-refractivity contribution is -0.138.